The number of likely N-dealkylation sites (N-methyl/N-ethyl adjacent to an activating group) is 2. The molecular formula is C14H21N3O. The molecule has 0 fully saturated rings. The van der Waals surface area contributed by atoms with Crippen LogP contribution in [0, 0.1) is 0 Å². The molecule has 4 heteroatoms. The molecule has 1 aromatic carbocycles. The van der Waals surface area contributed by atoms with Gasteiger partial charge in [0.2, 0.25) is 5.91 Å². The van der Waals surface area contributed by atoms with E-state index in [0.29, 0.717) is 6.42 Å². The van der Waals surface area contributed by atoms with Crippen LogP contribution in [0.25, 0.3) is 0 Å². The smallest absolute Gasteiger partial charge is 0.231 e. The minimum atomic E-state index is 0.172. The average Bonchev–Trinajstić information content (AvgIpc) is 2.53. The van der Waals surface area contributed by atoms with Crippen LogP contribution in [0.3, 0.4) is 0 Å². The molecule has 0 aliphatic carbocycles. The normalized spacial score (nSPS) is 16.3. The highest BCUT2D eigenvalue weighted by Crippen LogP contribution is 2.28. The summed E-state index contributed by atoms with van der Waals surface area (Å²) in [4.78, 5) is 15.5. The summed E-state index contributed by atoms with van der Waals surface area (Å²) < 4.78 is 0. The van der Waals surface area contributed by atoms with Crippen molar-refractivity contribution in [1.82, 2.24) is 4.90 Å². The number of hydrogen-bond acceptors (Lipinski definition) is 3. The molecule has 0 saturated carbocycles. The molecule has 0 spiro atoms. The molecule has 1 amide bonds. The van der Waals surface area contributed by atoms with E-state index < -0.39 is 0 Å². The fourth-order valence-electron chi connectivity index (χ4n) is 2.49. The molecule has 1 unspecified atom stereocenters. The van der Waals surface area contributed by atoms with E-state index in [-0.39, 0.29) is 11.9 Å². The molecule has 1 aliphatic heterocycles. The lowest BCUT2D eigenvalue weighted by Gasteiger charge is -2.19. The summed E-state index contributed by atoms with van der Waals surface area (Å²) in [5.74, 6) is 0.172. The van der Waals surface area contributed by atoms with Gasteiger partial charge in [-0.05, 0) is 31.2 Å². The topological polar surface area (TPSA) is 49.6 Å². The minimum Gasteiger partial charge on any atom is -0.327 e. The van der Waals surface area contributed by atoms with Gasteiger partial charge in [-0.15, -0.1) is 0 Å². The zero-order chi connectivity index (χ0) is 13.3. The second-order valence-electron chi connectivity index (χ2n) is 5.27. The van der Waals surface area contributed by atoms with Crippen LogP contribution < -0.4 is 10.6 Å². The highest BCUT2D eigenvalue weighted by atomic mass is 16.2. The van der Waals surface area contributed by atoms with Gasteiger partial charge in [0.25, 0.3) is 0 Å². The number of nitrogens with two attached hydrogens (primary N) is 1. The lowest BCUT2D eigenvalue weighted by Crippen LogP contribution is -2.32. The molecule has 1 atom stereocenters. The molecule has 18 heavy (non-hydrogen) atoms. The SMILES string of the molecule is CC(N)CN(C)Cc1ccc2c(c1)CC(=O)N2C. The van der Waals surface area contributed by atoms with Crippen molar-refractivity contribution in [2.45, 2.75) is 25.9 Å². The Kier molecular flexibility index (Phi) is 3.68. The predicted octanol–water partition coefficient (Wildman–Crippen LogP) is 0.984. The maximum absolute atomic E-state index is 11.6. The van der Waals surface area contributed by atoms with Crippen LogP contribution in [0.5, 0.6) is 0 Å². The fraction of sp³-hybridized carbons (Fsp3) is 0.500. The molecule has 1 aromatic rings. The van der Waals surface area contributed by atoms with Gasteiger partial charge >= 0.3 is 0 Å². The Morgan fingerprint density at radius 2 is 2.22 bits per heavy atom. The third kappa shape index (κ3) is 2.71. The highest BCUT2D eigenvalue weighted by molar-refractivity contribution is 6.00. The number of benzene rings is 1. The lowest BCUT2D eigenvalue weighted by atomic mass is 10.1. The number of nitrogens with zero attached hydrogens (tertiary/aromatic N) is 2. The maximum atomic E-state index is 11.6. The van der Waals surface area contributed by atoms with E-state index in [2.05, 4.69) is 24.1 Å². The number of carbonyl (C=O) groups is 1. The summed E-state index contributed by atoms with van der Waals surface area (Å²) in [5.41, 5.74) is 9.19. The monoisotopic (exact) mass is 247 g/mol. The van der Waals surface area contributed by atoms with Crippen LogP contribution in [0.15, 0.2) is 18.2 Å². The molecule has 0 radical (unpaired) electrons. The fourth-order valence-corrected chi connectivity index (χ4v) is 2.49. The van der Waals surface area contributed by atoms with Gasteiger partial charge < -0.3 is 15.5 Å². The summed E-state index contributed by atoms with van der Waals surface area (Å²) in [6.07, 6.45) is 0.524. The standard InChI is InChI=1S/C14H21N3O/c1-10(15)8-16(2)9-11-4-5-13-12(6-11)7-14(18)17(13)3/h4-6,10H,7-9,15H2,1-3H3. The van der Waals surface area contributed by atoms with Gasteiger partial charge in [-0.2, -0.15) is 0 Å². The number of anilines is 1. The number of hydrogen-bond donors (Lipinski definition) is 1. The average molecular weight is 247 g/mol. The Labute approximate surface area is 108 Å². The van der Waals surface area contributed by atoms with E-state index in [4.69, 9.17) is 5.73 Å². The van der Waals surface area contributed by atoms with Gasteiger partial charge in [0, 0.05) is 31.9 Å². The Morgan fingerprint density at radius 3 is 2.89 bits per heavy atom. The number of fused-ring (bicyclic) bond motifs is 1. The lowest BCUT2D eigenvalue weighted by molar-refractivity contribution is -0.117. The summed E-state index contributed by atoms with van der Waals surface area (Å²) in [6.45, 7) is 3.75. The third-order valence-electron chi connectivity index (χ3n) is 3.27. The zero-order valence-corrected chi connectivity index (χ0v) is 11.3. The van der Waals surface area contributed by atoms with Gasteiger partial charge in [0.1, 0.15) is 0 Å². The summed E-state index contributed by atoms with van der Waals surface area (Å²) in [6, 6.07) is 6.44. The molecule has 98 valence electrons. The van der Waals surface area contributed by atoms with Crippen molar-refractivity contribution in [2.75, 3.05) is 25.5 Å². The van der Waals surface area contributed by atoms with Crippen molar-refractivity contribution in [3.63, 3.8) is 0 Å². The summed E-state index contributed by atoms with van der Waals surface area (Å²) in [7, 11) is 3.89. The molecule has 4 nitrogen and oxygen atoms in total. The van der Waals surface area contributed by atoms with Crippen molar-refractivity contribution >= 4 is 11.6 Å². The van der Waals surface area contributed by atoms with Gasteiger partial charge in [-0.25, -0.2) is 0 Å². The third-order valence-corrected chi connectivity index (χ3v) is 3.27. The molecule has 1 heterocycles. The Morgan fingerprint density at radius 1 is 1.50 bits per heavy atom. The summed E-state index contributed by atoms with van der Waals surface area (Å²) in [5, 5.41) is 0. The molecule has 2 rings (SSSR count). The predicted molar refractivity (Wildman–Crippen MR) is 73.5 cm³/mol. The van der Waals surface area contributed by atoms with E-state index >= 15 is 0 Å². The van der Waals surface area contributed by atoms with Crippen molar-refractivity contribution in [3.8, 4) is 0 Å². The zero-order valence-electron chi connectivity index (χ0n) is 11.3. The van der Waals surface area contributed by atoms with E-state index in [9.17, 15) is 4.79 Å². The van der Waals surface area contributed by atoms with E-state index in [1.165, 1.54) is 5.56 Å². The van der Waals surface area contributed by atoms with Gasteiger partial charge in [0.05, 0.1) is 6.42 Å². The Hall–Kier alpha value is -1.39. The Balaban J connectivity index is 2.09. The van der Waals surface area contributed by atoms with Crippen LogP contribution >= 0.6 is 0 Å². The minimum absolute atomic E-state index is 0.172. The number of amides is 1. The molecule has 1 aliphatic rings. The van der Waals surface area contributed by atoms with Crippen LogP contribution in [0.1, 0.15) is 18.1 Å². The van der Waals surface area contributed by atoms with Crippen LogP contribution in [0.4, 0.5) is 5.69 Å². The quantitative estimate of drug-likeness (QED) is 0.863. The van der Waals surface area contributed by atoms with Crippen LogP contribution in [-0.2, 0) is 17.8 Å². The molecule has 0 aromatic heterocycles. The van der Waals surface area contributed by atoms with Crippen molar-refractivity contribution < 1.29 is 4.79 Å². The number of carbonyl (C=O) groups excluding carboxylic acids is 1. The van der Waals surface area contributed by atoms with E-state index in [0.717, 1.165) is 24.3 Å². The number of rotatable bonds is 4. The van der Waals surface area contributed by atoms with E-state index in [1.807, 2.05) is 20.0 Å². The molecule has 2 N–H and O–H groups in total. The first-order valence-corrected chi connectivity index (χ1v) is 6.30. The second kappa shape index (κ2) is 5.08. The molecular weight excluding hydrogens is 226 g/mol. The first kappa shape index (κ1) is 13.1. The van der Waals surface area contributed by atoms with Crippen LogP contribution in [-0.4, -0.2) is 37.5 Å². The highest BCUT2D eigenvalue weighted by Gasteiger charge is 2.23. The first-order chi connectivity index (χ1) is 8.47. The first-order valence-electron chi connectivity index (χ1n) is 6.30. The van der Waals surface area contributed by atoms with Crippen LogP contribution in [0.2, 0.25) is 0 Å². The summed E-state index contributed by atoms with van der Waals surface area (Å²) >= 11 is 0. The largest absolute Gasteiger partial charge is 0.327 e. The second-order valence-corrected chi connectivity index (χ2v) is 5.27. The van der Waals surface area contributed by atoms with Gasteiger partial charge in [0.15, 0.2) is 0 Å². The molecule has 0 saturated heterocycles. The molecule has 0 bridgehead atoms. The van der Waals surface area contributed by atoms with Crippen molar-refractivity contribution in [2.24, 2.45) is 5.73 Å². The van der Waals surface area contributed by atoms with E-state index in [1.54, 1.807) is 4.90 Å². The van der Waals surface area contributed by atoms with Gasteiger partial charge in [-0.3, -0.25) is 4.79 Å². The van der Waals surface area contributed by atoms with Gasteiger partial charge in [-0.1, -0.05) is 12.1 Å². The Bertz CT molecular complexity index is 456. The maximum Gasteiger partial charge on any atom is 0.231 e. The van der Waals surface area contributed by atoms with Crippen molar-refractivity contribution in [3.05, 3.63) is 29.3 Å². The van der Waals surface area contributed by atoms with Crippen molar-refractivity contribution in [1.29, 1.82) is 0 Å².